The lowest BCUT2D eigenvalue weighted by atomic mass is 9.94. The lowest BCUT2D eigenvalue weighted by Crippen LogP contribution is -2.63. The number of aldehydes is 1. The molecule has 0 aliphatic carbocycles. The number of hydrogen-bond donors (Lipinski definition) is 2. The molecule has 1 aliphatic heterocycles. The van der Waals surface area contributed by atoms with Crippen LogP contribution in [0.4, 0.5) is 0 Å². The standard InChI is InChI=1S/C32H42N2O11/c1-17(2)27(33)25(15-24-12-11-23(14-18(24)3)10-8-9-13-35)31(34)45-32-30(43-22(7)39)29(42-21(6)38)28(41-20(5)37)26(44-32)16-40-19(4)36/h8,10-14,17,26,28-30,32,34H,9,15-16,33H2,1-7H3/b10-8+,27-25-,34-31?/t26-,28-,29+,30-,32+/m1/s1. The Labute approximate surface area is 262 Å². The maximum absolute atomic E-state index is 12.2. The number of carbonyl (C=O) groups is 5. The normalized spacial score (nSPS) is 21.8. The van der Waals surface area contributed by atoms with E-state index in [1.165, 1.54) is 6.92 Å². The lowest BCUT2D eigenvalue weighted by Gasteiger charge is -2.44. The molecule has 45 heavy (non-hydrogen) atoms. The van der Waals surface area contributed by atoms with Gasteiger partial charge in [-0.05, 0) is 29.5 Å². The predicted molar refractivity (Wildman–Crippen MR) is 161 cm³/mol. The maximum atomic E-state index is 12.2. The number of nitrogens with two attached hydrogens (primary N) is 1. The number of allylic oxidation sites excluding steroid dienone is 2. The molecule has 0 aromatic heterocycles. The van der Waals surface area contributed by atoms with Gasteiger partial charge in [0.15, 0.2) is 12.2 Å². The molecule has 13 nitrogen and oxygen atoms in total. The van der Waals surface area contributed by atoms with Gasteiger partial charge in [0.05, 0.1) is 0 Å². The number of nitrogens with one attached hydrogen (secondary N) is 1. The first-order valence-electron chi connectivity index (χ1n) is 14.4. The largest absolute Gasteiger partial charge is 0.463 e. The van der Waals surface area contributed by atoms with Crippen molar-refractivity contribution < 1.29 is 52.4 Å². The second-order valence-corrected chi connectivity index (χ2v) is 10.8. The van der Waals surface area contributed by atoms with Crippen LogP contribution < -0.4 is 5.73 Å². The fourth-order valence-corrected chi connectivity index (χ4v) is 4.60. The molecule has 13 heteroatoms. The summed E-state index contributed by atoms with van der Waals surface area (Å²) >= 11 is 0. The van der Waals surface area contributed by atoms with E-state index in [1.807, 2.05) is 45.0 Å². The van der Waals surface area contributed by atoms with Crippen molar-refractivity contribution in [2.24, 2.45) is 11.7 Å². The van der Waals surface area contributed by atoms with E-state index in [4.69, 9.17) is 39.6 Å². The Bertz CT molecular complexity index is 1330. The highest BCUT2D eigenvalue weighted by molar-refractivity contribution is 5.92. The molecule has 2 rings (SSSR count). The zero-order valence-electron chi connectivity index (χ0n) is 26.6. The van der Waals surface area contributed by atoms with E-state index >= 15 is 0 Å². The molecule has 1 heterocycles. The zero-order valence-corrected chi connectivity index (χ0v) is 26.6. The Kier molecular flexibility index (Phi) is 13.9. The quantitative estimate of drug-likeness (QED) is 0.107. The van der Waals surface area contributed by atoms with Crippen molar-refractivity contribution in [2.75, 3.05) is 6.61 Å². The molecule has 1 fully saturated rings. The van der Waals surface area contributed by atoms with E-state index in [0.717, 1.165) is 43.7 Å². The average molecular weight is 631 g/mol. The molecule has 3 N–H and O–H groups in total. The fourth-order valence-electron chi connectivity index (χ4n) is 4.60. The molecule has 5 atom stereocenters. The van der Waals surface area contributed by atoms with Crippen LogP contribution in [-0.4, -0.2) is 73.4 Å². The summed E-state index contributed by atoms with van der Waals surface area (Å²) in [4.78, 5) is 58.5. The molecule has 0 unspecified atom stereocenters. The summed E-state index contributed by atoms with van der Waals surface area (Å²) in [6, 6.07) is 5.69. The van der Waals surface area contributed by atoms with Gasteiger partial charge in [-0.1, -0.05) is 44.2 Å². The van der Waals surface area contributed by atoms with Gasteiger partial charge in [0.1, 0.15) is 19.0 Å². The molecule has 1 saturated heterocycles. The monoisotopic (exact) mass is 630 g/mol. The van der Waals surface area contributed by atoms with Gasteiger partial charge < -0.3 is 38.9 Å². The lowest BCUT2D eigenvalue weighted by molar-refractivity contribution is -0.291. The molecule has 0 bridgehead atoms. The van der Waals surface area contributed by atoms with Gasteiger partial charge in [0.2, 0.25) is 18.3 Å². The van der Waals surface area contributed by atoms with Crippen molar-refractivity contribution in [2.45, 2.75) is 92.0 Å². The molecular formula is C32H42N2O11. The van der Waals surface area contributed by atoms with Gasteiger partial charge in [0.25, 0.3) is 0 Å². The van der Waals surface area contributed by atoms with Gasteiger partial charge in [0, 0.05) is 51.8 Å². The van der Waals surface area contributed by atoms with Gasteiger partial charge in [-0.15, -0.1) is 0 Å². The maximum Gasteiger partial charge on any atom is 0.303 e. The third-order valence-electron chi connectivity index (χ3n) is 6.70. The van der Waals surface area contributed by atoms with Gasteiger partial charge in [-0.25, -0.2) is 0 Å². The molecule has 0 amide bonds. The van der Waals surface area contributed by atoms with Crippen molar-refractivity contribution in [1.82, 2.24) is 0 Å². The highest BCUT2D eigenvalue weighted by Gasteiger charge is 2.53. The van der Waals surface area contributed by atoms with Crippen LogP contribution in [0.15, 0.2) is 35.5 Å². The number of aryl methyl sites for hydroxylation is 1. The smallest absolute Gasteiger partial charge is 0.303 e. The van der Waals surface area contributed by atoms with Crippen molar-refractivity contribution in [3.05, 3.63) is 52.2 Å². The van der Waals surface area contributed by atoms with Gasteiger partial charge in [-0.2, -0.15) is 0 Å². The highest BCUT2D eigenvalue weighted by Crippen LogP contribution is 2.31. The molecule has 1 aromatic rings. The SMILES string of the molecule is CC(=O)OC[C@H]1O[C@@H](OC(=N)/C(Cc2ccc(/C=C/CC=O)cc2C)=C(\N)C(C)C)[C@H](OC(C)=O)[C@@H](OC(C)=O)[C@@H]1OC(C)=O. The Morgan fingerprint density at radius 3 is 2.07 bits per heavy atom. The second kappa shape index (κ2) is 17.1. The summed E-state index contributed by atoms with van der Waals surface area (Å²) in [5.74, 6) is -3.61. The van der Waals surface area contributed by atoms with Crippen LogP contribution in [0.2, 0.25) is 0 Å². The second-order valence-electron chi connectivity index (χ2n) is 10.8. The van der Waals surface area contributed by atoms with Crippen LogP contribution in [0.1, 0.15) is 64.7 Å². The summed E-state index contributed by atoms with van der Waals surface area (Å²) in [6.45, 7) is 9.68. The number of benzene rings is 1. The van der Waals surface area contributed by atoms with Crippen LogP contribution in [0.3, 0.4) is 0 Å². The Morgan fingerprint density at radius 2 is 1.53 bits per heavy atom. The van der Waals surface area contributed by atoms with Crippen LogP contribution in [-0.2, 0) is 58.8 Å². The number of esters is 4. The third-order valence-corrected chi connectivity index (χ3v) is 6.70. The van der Waals surface area contributed by atoms with E-state index in [9.17, 15) is 24.0 Å². The van der Waals surface area contributed by atoms with Crippen LogP contribution >= 0.6 is 0 Å². The summed E-state index contributed by atoms with van der Waals surface area (Å²) < 4.78 is 33.3. The van der Waals surface area contributed by atoms with Crippen LogP contribution in [0, 0.1) is 18.3 Å². The summed E-state index contributed by atoms with van der Waals surface area (Å²) in [6.07, 6.45) is -2.22. The Morgan fingerprint density at radius 1 is 0.933 bits per heavy atom. The van der Waals surface area contributed by atoms with E-state index < -0.39 is 67.1 Å². The Hall–Kier alpha value is -4.52. The summed E-state index contributed by atoms with van der Waals surface area (Å²) in [5.41, 5.74) is 9.80. The molecule has 1 aromatic carbocycles. The van der Waals surface area contributed by atoms with Crippen molar-refractivity contribution >= 4 is 42.1 Å². The third kappa shape index (κ3) is 11.2. The molecule has 0 radical (unpaired) electrons. The van der Waals surface area contributed by atoms with E-state index in [-0.39, 0.29) is 12.3 Å². The highest BCUT2D eigenvalue weighted by atomic mass is 16.7. The van der Waals surface area contributed by atoms with Crippen molar-refractivity contribution in [3.63, 3.8) is 0 Å². The zero-order chi connectivity index (χ0) is 33.8. The number of rotatable bonds is 13. The molecule has 0 saturated carbocycles. The first-order chi connectivity index (χ1) is 21.1. The number of hydrogen-bond acceptors (Lipinski definition) is 13. The van der Waals surface area contributed by atoms with E-state index in [0.29, 0.717) is 17.7 Å². The molecular weight excluding hydrogens is 588 g/mol. The van der Waals surface area contributed by atoms with Crippen molar-refractivity contribution in [3.8, 4) is 0 Å². The topological polar surface area (TPSA) is 191 Å². The van der Waals surface area contributed by atoms with E-state index in [1.54, 1.807) is 6.08 Å². The Balaban J connectivity index is 2.53. The summed E-state index contributed by atoms with van der Waals surface area (Å²) in [5, 5.41) is 8.96. The molecule has 246 valence electrons. The van der Waals surface area contributed by atoms with Gasteiger partial charge >= 0.3 is 23.9 Å². The minimum Gasteiger partial charge on any atom is -0.463 e. The molecule has 0 spiro atoms. The first kappa shape index (κ1) is 36.7. The predicted octanol–water partition coefficient (Wildman–Crippen LogP) is 3.09. The van der Waals surface area contributed by atoms with Gasteiger partial charge in [-0.3, -0.25) is 24.6 Å². The first-order valence-corrected chi connectivity index (χ1v) is 14.4. The van der Waals surface area contributed by atoms with E-state index in [2.05, 4.69) is 0 Å². The fraction of sp³-hybridized carbons (Fsp3) is 0.500. The van der Waals surface area contributed by atoms with Crippen LogP contribution in [0.25, 0.3) is 6.08 Å². The van der Waals surface area contributed by atoms with Crippen molar-refractivity contribution in [1.29, 1.82) is 5.41 Å². The number of ether oxygens (including phenoxy) is 6. The number of carbonyl (C=O) groups excluding carboxylic acids is 5. The molecule has 1 aliphatic rings. The summed E-state index contributed by atoms with van der Waals surface area (Å²) in [7, 11) is 0. The minimum atomic E-state index is -1.57. The van der Waals surface area contributed by atoms with Crippen LogP contribution in [0.5, 0.6) is 0 Å². The minimum absolute atomic E-state index is 0.190. The average Bonchev–Trinajstić information content (AvgIpc) is 2.93.